The average Bonchev–Trinajstić information content (AvgIpc) is 3.31. The van der Waals surface area contributed by atoms with E-state index in [1.165, 1.54) is 16.8 Å². The summed E-state index contributed by atoms with van der Waals surface area (Å²) in [6, 6.07) is 4.97. The van der Waals surface area contributed by atoms with E-state index in [0.29, 0.717) is 5.56 Å². The number of pyridine rings is 1. The number of carbonyl (C=O) groups excluding carboxylic acids is 1. The highest BCUT2D eigenvalue weighted by Crippen LogP contribution is 2.42. The van der Waals surface area contributed by atoms with Gasteiger partial charge in [-0.05, 0) is 26.0 Å². The Labute approximate surface area is 212 Å². The number of alkyl halides is 3. The number of hydrogen-bond donors (Lipinski definition) is 3. The molecule has 1 aromatic carbocycles. The number of anilines is 2. The van der Waals surface area contributed by atoms with Crippen LogP contribution in [0.5, 0.6) is 0 Å². The molecule has 0 fully saturated rings. The molecule has 198 valence electrons. The van der Waals surface area contributed by atoms with Gasteiger partial charge < -0.3 is 16.4 Å². The molecule has 0 aliphatic carbocycles. The van der Waals surface area contributed by atoms with Gasteiger partial charge in [0, 0.05) is 12.1 Å². The van der Waals surface area contributed by atoms with E-state index < -0.39 is 41.7 Å². The van der Waals surface area contributed by atoms with E-state index in [-0.39, 0.29) is 46.3 Å². The highest BCUT2D eigenvalue weighted by Gasteiger charge is 2.44. The Bertz CT molecular complexity index is 1570. The van der Waals surface area contributed by atoms with E-state index in [0.717, 1.165) is 12.3 Å². The smallest absolute Gasteiger partial charge is 0.368 e. The van der Waals surface area contributed by atoms with Gasteiger partial charge in [0.2, 0.25) is 5.91 Å². The minimum absolute atomic E-state index is 0.0354. The fraction of sp³-hybridized carbons (Fsp3) is 0.292. The number of carbonyl (C=O) groups is 1. The van der Waals surface area contributed by atoms with Gasteiger partial charge in [-0.1, -0.05) is 18.2 Å². The Hall–Kier alpha value is -4.20. The predicted molar refractivity (Wildman–Crippen MR) is 128 cm³/mol. The van der Waals surface area contributed by atoms with Crippen LogP contribution in [-0.2, 0) is 16.8 Å². The number of nitrogens with one attached hydrogen (secondary N) is 2. The molecule has 0 bridgehead atoms. The number of amides is 1. The van der Waals surface area contributed by atoms with Crippen LogP contribution in [0.15, 0.2) is 36.5 Å². The molecule has 1 amide bonds. The zero-order chi connectivity index (χ0) is 27.4. The molecule has 1 aliphatic rings. The number of halogens is 5. The summed E-state index contributed by atoms with van der Waals surface area (Å²) in [7, 11) is 0. The highest BCUT2D eigenvalue weighted by atomic mass is 19.4. The van der Waals surface area contributed by atoms with Crippen LogP contribution in [-0.4, -0.2) is 49.4 Å². The largest absolute Gasteiger partial charge is 0.405 e. The molecule has 38 heavy (non-hydrogen) atoms. The number of fused-ring (bicyclic) bond motifs is 2. The van der Waals surface area contributed by atoms with Crippen molar-refractivity contribution in [2.45, 2.75) is 38.0 Å². The molecule has 9 nitrogen and oxygen atoms in total. The maximum Gasteiger partial charge on any atom is 0.405 e. The topological polar surface area (TPSA) is 124 Å². The second-order valence-corrected chi connectivity index (χ2v) is 9.35. The van der Waals surface area contributed by atoms with Crippen LogP contribution in [0.25, 0.3) is 22.6 Å². The lowest BCUT2D eigenvalue weighted by Crippen LogP contribution is -2.43. The van der Waals surface area contributed by atoms with E-state index >= 15 is 0 Å². The SMILES string of the molecule is CC1(C)C(=O)Nc2nc(-c3nn(Cc4ccccc4F)c4ncc(F)cc34)nc(NCC(N)C(F)(F)F)c21. The third-order valence-electron chi connectivity index (χ3n) is 6.29. The molecule has 14 heteroatoms. The minimum Gasteiger partial charge on any atom is -0.368 e. The first kappa shape index (κ1) is 25.4. The van der Waals surface area contributed by atoms with Crippen molar-refractivity contribution in [3.8, 4) is 11.5 Å². The normalized spacial score (nSPS) is 15.4. The van der Waals surface area contributed by atoms with Gasteiger partial charge in [0.1, 0.15) is 35.0 Å². The van der Waals surface area contributed by atoms with Gasteiger partial charge in [0.15, 0.2) is 11.5 Å². The van der Waals surface area contributed by atoms with Crippen molar-refractivity contribution in [2.75, 3.05) is 17.2 Å². The number of nitrogens with two attached hydrogens (primary N) is 1. The molecular weight excluding hydrogens is 511 g/mol. The summed E-state index contributed by atoms with van der Waals surface area (Å²) < 4.78 is 69.1. The Morgan fingerprint density at radius 2 is 1.92 bits per heavy atom. The molecule has 1 unspecified atom stereocenters. The van der Waals surface area contributed by atoms with Crippen LogP contribution in [0.3, 0.4) is 0 Å². The van der Waals surface area contributed by atoms with E-state index in [9.17, 15) is 26.7 Å². The molecule has 0 spiro atoms. The van der Waals surface area contributed by atoms with Crippen molar-refractivity contribution in [3.05, 3.63) is 59.3 Å². The molecule has 1 aliphatic heterocycles. The number of rotatable bonds is 6. The summed E-state index contributed by atoms with van der Waals surface area (Å²) in [4.78, 5) is 25.5. The standard InChI is InChI=1S/C24H21F5N8O/c1-23(2)16-18(31-9-15(30)24(27,28)29)33-20(34-19(16)35-22(23)38)17-13-7-12(25)8-32-21(13)37(36-17)10-11-5-3-4-6-14(11)26/h3-8,15H,9-10,30H2,1-2H3,(H2,31,33,34,35,38). The Balaban J connectivity index is 1.65. The van der Waals surface area contributed by atoms with Gasteiger partial charge in [0.25, 0.3) is 0 Å². The third-order valence-corrected chi connectivity index (χ3v) is 6.29. The van der Waals surface area contributed by atoms with Gasteiger partial charge in [-0.15, -0.1) is 0 Å². The van der Waals surface area contributed by atoms with E-state index in [1.54, 1.807) is 26.0 Å². The molecule has 4 aromatic rings. The first-order chi connectivity index (χ1) is 17.9. The Kier molecular flexibility index (Phi) is 6.01. The van der Waals surface area contributed by atoms with Crippen molar-refractivity contribution in [2.24, 2.45) is 5.73 Å². The number of benzene rings is 1. The van der Waals surface area contributed by atoms with E-state index in [1.807, 2.05) is 0 Å². The maximum absolute atomic E-state index is 14.3. The fourth-order valence-corrected chi connectivity index (χ4v) is 4.17. The summed E-state index contributed by atoms with van der Waals surface area (Å²) in [5.41, 5.74) is 4.87. The summed E-state index contributed by atoms with van der Waals surface area (Å²) in [5, 5.41) is 9.83. The van der Waals surface area contributed by atoms with Gasteiger partial charge in [-0.2, -0.15) is 18.3 Å². The molecule has 1 atom stereocenters. The van der Waals surface area contributed by atoms with Crippen LogP contribution >= 0.6 is 0 Å². The predicted octanol–water partition coefficient (Wildman–Crippen LogP) is 3.75. The minimum atomic E-state index is -4.67. The van der Waals surface area contributed by atoms with Gasteiger partial charge >= 0.3 is 6.18 Å². The van der Waals surface area contributed by atoms with Crippen molar-refractivity contribution >= 4 is 28.6 Å². The van der Waals surface area contributed by atoms with Gasteiger partial charge in [0.05, 0.1) is 29.1 Å². The summed E-state index contributed by atoms with van der Waals surface area (Å²) in [5.74, 6) is -1.72. The average molecular weight is 532 g/mol. The zero-order valence-corrected chi connectivity index (χ0v) is 20.1. The number of hydrogen-bond acceptors (Lipinski definition) is 7. The molecule has 0 saturated heterocycles. The fourth-order valence-electron chi connectivity index (χ4n) is 4.17. The monoisotopic (exact) mass is 532 g/mol. The first-order valence-corrected chi connectivity index (χ1v) is 11.4. The molecule has 4 heterocycles. The molecule has 0 radical (unpaired) electrons. The van der Waals surface area contributed by atoms with Crippen LogP contribution in [0.1, 0.15) is 25.0 Å². The second-order valence-electron chi connectivity index (χ2n) is 9.35. The Morgan fingerprint density at radius 1 is 1.18 bits per heavy atom. The molecule has 5 rings (SSSR count). The highest BCUT2D eigenvalue weighted by molar-refractivity contribution is 6.06. The third kappa shape index (κ3) is 4.40. The summed E-state index contributed by atoms with van der Waals surface area (Å²) in [6.07, 6.45) is -3.69. The van der Waals surface area contributed by atoms with E-state index in [4.69, 9.17) is 5.73 Å². The lowest BCUT2D eigenvalue weighted by molar-refractivity contribution is -0.144. The van der Waals surface area contributed by atoms with Crippen molar-refractivity contribution in [1.29, 1.82) is 0 Å². The Morgan fingerprint density at radius 3 is 2.63 bits per heavy atom. The number of aromatic nitrogens is 5. The van der Waals surface area contributed by atoms with Gasteiger partial charge in [-0.25, -0.2) is 28.4 Å². The maximum atomic E-state index is 14.3. The summed E-state index contributed by atoms with van der Waals surface area (Å²) in [6.45, 7) is 2.37. The quantitative estimate of drug-likeness (QED) is 0.323. The lowest BCUT2D eigenvalue weighted by Gasteiger charge is -2.21. The molecule has 0 saturated carbocycles. The van der Waals surface area contributed by atoms with Crippen LogP contribution in [0.2, 0.25) is 0 Å². The number of nitrogens with zero attached hydrogens (tertiary/aromatic N) is 5. The van der Waals surface area contributed by atoms with Crippen molar-refractivity contribution in [1.82, 2.24) is 24.7 Å². The molecular formula is C24H21F5N8O. The molecule has 3 aromatic heterocycles. The van der Waals surface area contributed by atoms with Crippen LogP contribution < -0.4 is 16.4 Å². The van der Waals surface area contributed by atoms with Gasteiger partial charge in [-0.3, -0.25) is 4.79 Å². The van der Waals surface area contributed by atoms with E-state index in [2.05, 4.69) is 30.7 Å². The van der Waals surface area contributed by atoms with Crippen LogP contribution in [0, 0.1) is 11.6 Å². The lowest BCUT2D eigenvalue weighted by atomic mass is 9.87. The first-order valence-electron chi connectivity index (χ1n) is 11.4. The zero-order valence-electron chi connectivity index (χ0n) is 20.1. The molecule has 4 N–H and O–H groups in total. The van der Waals surface area contributed by atoms with Crippen molar-refractivity contribution in [3.63, 3.8) is 0 Å². The van der Waals surface area contributed by atoms with Crippen molar-refractivity contribution < 1.29 is 26.7 Å². The van der Waals surface area contributed by atoms with Crippen LogP contribution in [0.4, 0.5) is 33.6 Å². The summed E-state index contributed by atoms with van der Waals surface area (Å²) >= 11 is 0. The second kappa shape index (κ2) is 8.97.